The van der Waals surface area contributed by atoms with Crippen LogP contribution in [-0.4, -0.2) is 22.8 Å². The molecule has 0 fully saturated rings. The number of hydrogen-bond donors (Lipinski definition) is 2. The Morgan fingerprint density at radius 1 is 1.82 bits per heavy atom. The number of nitrogens with one attached hydrogen (secondary N) is 1. The molecular formula is C7H12N2OS. The Kier molecular flexibility index (Phi) is 2.44. The summed E-state index contributed by atoms with van der Waals surface area (Å²) < 4.78 is 0. The highest BCUT2D eigenvalue weighted by molar-refractivity contribution is 7.80. The molecule has 4 heteroatoms. The van der Waals surface area contributed by atoms with Gasteiger partial charge in [-0.3, -0.25) is 4.79 Å². The minimum atomic E-state index is -0.169. The fourth-order valence-corrected chi connectivity index (χ4v) is 1.61. The van der Waals surface area contributed by atoms with Crippen LogP contribution in [0.4, 0.5) is 0 Å². The van der Waals surface area contributed by atoms with Gasteiger partial charge in [0.25, 0.3) is 0 Å². The number of nitrogens with zero attached hydrogens (tertiary/aromatic N) is 1. The second-order valence-electron chi connectivity index (χ2n) is 2.45. The molecule has 0 saturated carbocycles. The fraction of sp³-hybridized carbons (Fsp3) is 0.571. The van der Waals surface area contributed by atoms with Gasteiger partial charge in [0.15, 0.2) is 0 Å². The summed E-state index contributed by atoms with van der Waals surface area (Å²) in [6, 6.07) is 0. The lowest BCUT2D eigenvalue weighted by molar-refractivity contribution is -0.118. The van der Waals surface area contributed by atoms with Crippen molar-refractivity contribution in [3.63, 3.8) is 0 Å². The van der Waals surface area contributed by atoms with E-state index >= 15 is 0 Å². The van der Waals surface area contributed by atoms with Gasteiger partial charge >= 0.3 is 0 Å². The van der Waals surface area contributed by atoms with Crippen LogP contribution in [0.3, 0.4) is 0 Å². The fourth-order valence-electron chi connectivity index (χ4n) is 1.13. The SMILES string of the molecule is CCN1C(C)=CC(=O)NC1S. The molecule has 0 aromatic heterocycles. The molecule has 0 aliphatic carbocycles. The quantitative estimate of drug-likeness (QED) is 0.566. The molecule has 62 valence electrons. The summed E-state index contributed by atoms with van der Waals surface area (Å²) in [5.74, 6) is -0.0628. The highest BCUT2D eigenvalue weighted by Crippen LogP contribution is 2.13. The second-order valence-corrected chi connectivity index (χ2v) is 2.94. The molecule has 11 heavy (non-hydrogen) atoms. The van der Waals surface area contributed by atoms with Crippen molar-refractivity contribution in [2.45, 2.75) is 19.3 Å². The van der Waals surface area contributed by atoms with Gasteiger partial charge in [-0.2, -0.15) is 0 Å². The number of amides is 1. The van der Waals surface area contributed by atoms with Crippen molar-refractivity contribution >= 4 is 18.5 Å². The molecular weight excluding hydrogens is 160 g/mol. The van der Waals surface area contributed by atoms with E-state index in [0.29, 0.717) is 0 Å². The normalized spacial score (nSPS) is 24.6. The maximum absolute atomic E-state index is 10.9. The van der Waals surface area contributed by atoms with Crippen LogP contribution >= 0.6 is 12.6 Å². The van der Waals surface area contributed by atoms with E-state index in [-0.39, 0.29) is 11.4 Å². The van der Waals surface area contributed by atoms with Gasteiger partial charge in [0.05, 0.1) is 0 Å². The number of allylic oxidation sites excluding steroid dienone is 1. The molecule has 1 aliphatic rings. The lowest BCUT2D eigenvalue weighted by Gasteiger charge is -2.33. The van der Waals surface area contributed by atoms with Crippen molar-refractivity contribution in [3.05, 3.63) is 11.8 Å². The molecule has 1 heterocycles. The second kappa shape index (κ2) is 3.17. The van der Waals surface area contributed by atoms with E-state index in [0.717, 1.165) is 12.2 Å². The average molecular weight is 172 g/mol. The van der Waals surface area contributed by atoms with Crippen molar-refractivity contribution in [2.24, 2.45) is 0 Å². The first kappa shape index (κ1) is 8.46. The number of carbonyl (C=O) groups excluding carboxylic acids is 1. The van der Waals surface area contributed by atoms with Crippen LogP contribution in [0.5, 0.6) is 0 Å². The summed E-state index contributed by atoms with van der Waals surface area (Å²) >= 11 is 4.21. The summed E-state index contributed by atoms with van der Waals surface area (Å²) in [6.07, 6.45) is 1.58. The molecule has 1 N–H and O–H groups in total. The van der Waals surface area contributed by atoms with Crippen LogP contribution in [-0.2, 0) is 4.79 Å². The highest BCUT2D eigenvalue weighted by Gasteiger charge is 2.19. The van der Waals surface area contributed by atoms with E-state index in [1.54, 1.807) is 6.08 Å². The van der Waals surface area contributed by atoms with Crippen LogP contribution in [0.2, 0.25) is 0 Å². The summed E-state index contributed by atoms with van der Waals surface area (Å²) in [5, 5.41) is 2.69. The third-order valence-corrected chi connectivity index (χ3v) is 2.11. The van der Waals surface area contributed by atoms with Crippen LogP contribution in [0, 0.1) is 0 Å². The molecule has 1 atom stereocenters. The van der Waals surface area contributed by atoms with Gasteiger partial charge in [-0.25, -0.2) is 0 Å². The number of rotatable bonds is 1. The Morgan fingerprint density at radius 2 is 2.45 bits per heavy atom. The molecule has 0 aromatic rings. The lowest BCUT2D eigenvalue weighted by atomic mass is 10.3. The van der Waals surface area contributed by atoms with Crippen LogP contribution in [0.1, 0.15) is 13.8 Å². The molecule has 0 radical (unpaired) electrons. The molecule has 0 bridgehead atoms. The molecule has 3 nitrogen and oxygen atoms in total. The minimum Gasteiger partial charge on any atom is -0.347 e. The third kappa shape index (κ3) is 1.68. The van der Waals surface area contributed by atoms with Crippen molar-refractivity contribution in [2.75, 3.05) is 6.54 Å². The summed E-state index contributed by atoms with van der Waals surface area (Å²) in [7, 11) is 0. The van der Waals surface area contributed by atoms with E-state index in [2.05, 4.69) is 17.9 Å². The van der Waals surface area contributed by atoms with Crippen molar-refractivity contribution in [1.29, 1.82) is 0 Å². The maximum atomic E-state index is 10.9. The van der Waals surface area contributed by atoms with E-state index in [1.807, 2.05) is 18.7 Å². The smallest absolute Gasteiger partial charge is 0.247 e. The largest absolute Gasteiger partial charge is 0.347 e. The highest BCUT2D eigenvalue weighted by atomic mass is 32.1. The molecule has 0 spiro atoms. The van der Waals surface area contributed by atoms with E-state index in [4.69, 9.17) is 0 Å². The molecule has 1 aliphatic heterocycles. The Balaban J connectivity index is 2.79. The van der Waals surface area contributed by atoms with Gasteiger partial charge in [0.2, 0.25) is 5.91 Å². The number of hydrogen-bond acceptors (Lipinski definition) is 3. The van der Waals surface area contributed by atoms with Crippen molar-refractivity contribution < 1.29 is 4.79 Å². The predicted molar refractivity (Wildman–Crippen MR) is 47.1 cm³/mol. The first-order valence-corrected chi connectivity index (χ1v) is 4.10. The zero-order valence-corrected chi connectivity index (χ0v) is 7.56. The van der Waals surface area contributed by atoms with Crippen molar-refractivity contribution in [3.8, 4) is 0 Å². The standard InChI is InChI=1S/C7H12N2OS/c1-3-9-5(2)4-6(10)8-7(9)11/h4,7,11H,3H2,1-2H3,(H,8,10). The topological polar surface area (TPSA) is 32.3 Å². The van der Waals surface area contributed by atoms with E-state index in [1.165, 1.54) is 0 Å². The van der Waals surface area contributed by atoms with Crippen LogP contribution in [0.25, 0.3) is 0 Å². The van der Waals surface area contributed by atoms with Gasteiger partial charge in [-0.05, 0) is 13.8 Å². The Morgan fingerprint density at radius 3 is 2.91 bits per heavy atom. The third-order valence-electron chi connectivity index (χ3n) is 1.70. The summed E-state index contributed by atoms with van der Waals surface area (Å²) in [6.45, 7) is 4.79. The van der Waals surface area contributed by atoms with Gasteiger partial charge in [0.1, 0.15) is 5.50 Å². The molecule has 0 saturated heterocycles. The monoisotopic (exact) mass is 172 g/mol. The lowest BCUT2D eigenvalue weighted by Crippen LogP contribution is -2.47. The van der Waals surface area contributed by atoms with Gasteiger partial charge in [0, 0.05) is 18.3 Å². The van der Waals surface area contributed by atoms with Gasteiger partial charge in [-0.1, -0.05) is 0 Å². The van der Waals surface area contributed by atoms with E-state index < -0.39 is 0 Å². The molecule has 0 aromatic carbocycles. The zero-order chi connectivity index (χ0) is 8.43. The Labute approximate surface area is 71.9 Å². The van der Waals surface area contributed by atoms with E-state index in [9.17, 15) is 4.79 Å². The summed E-state index contributed by atoms with van der Waals surface area (Å²) in [4.78, 5) is 12.9. The molecule has 1 amide bonds. The summed E-state index contributed by atoms with van der Waals surface area (Å²) in [5.41, 5.74) is 0.800. The van der Waals surface area contributed by atoms with Crippen molar-refractivity contribution in [1.82, 2.24) is 10.2 Å². The first-order chi connectivity index (χ1) is 5.15. The minimum absolute atomic E-state index is 0.0628. The van der Waals surface area contributed by atoms with Gasteiger partial charge in [-0.15, -0.1) is 12.6 Å². The number of thiol groups is 1. The zero-order valence-electron chi connectivity index (χ0n) is 6.66. The van der Waals surface area contributed by atoms with Gasteiger partial charge < -0.3 is 10.2 Å². The van der Waals surface area contributed by atoms with Crippen LogP contribution in [0.15, 0.2) is 11.8 Å². The molecule has 1 unspecified atom stereocenters. The Hall–Kier alpha value is -0.640. The Bertz CT molecular complexity index is 203. The molecule has 1 rings (SSSR count). The maximum Gasteiger partial charge on any atom is 0.247 e. The first-order valence-electron chi connectivity index (χ1n) is 3.58. The van der Waals surface area contributed by atoms with Crippen LogP contribution < -0.4 is 5.32 Å². The number of carbonyl (C=O) groups is 1. The predicted octanol–water partition coefficient (Wildman–Crippen LogP) is 0.555. The average Bonchev–Trinajstić information content (AvgIpc) is 1.85.